The summed E-state index contributed by atoms with van der Waals surface area (Å²) in [6.07, 6.45) is 0.424. The second-order valence-electron chi connectivity index (χ2n) is 2.12. The smallest absolute Gasteiger partial charge is 0.305 e. The highest BCUT2D eigenvalue weighted by atomic mass is 16.5. The van der Waals surface area contributed by atoms with Crippen molar-refractivity contribution in [1.29, 1.82) is 0 Å². The van der Waals surface area contributed by atoms with E-state index in [-0.39, 0.29) is 11.9 Å². The van der Waals surface area contributed by atoms with Gasteiger partial charge in [0, 0.05) is 6.42 Å². The normalized spacial score (nSPS) is 12.8. The van der Waals surface area contributed by atoms with E-state index < -0.39 is 0 Å². The average molecular weight is 131 g/mol. The number of esters is 1. The minimum Gasteiger partial charge on any atom is -0.469 e. The zero-order valence-corrected chi connectivity index (χ0v) is 5.89. The quantitative estimate of drug-likeness (QED) is 0.554. The molecule has 1 atom stereocenters. The summed E-state index contributed by atoms with van der Waals surface area (Å²) in [5.41, 5.74) is 5.27. The second-order valence-corrected chi connectivity index (χ2v) is 2.12. The van der Waals surface area contributed by atoms with E-state index in [0.29, 0.717) is 13.0 Å². The minimum atomic E-state index is -0.187. The van der Waals surface area contributed by atoms with Gasteiger partial charge in [0.2, 0.25) is 0 Å². The Labute approximate surface area is 55.2 Å². The molecule has 0 amide bonds. The summed E-state index contributed by atoms with van der Waals surface area (Å²) < 4.78 is 4.43. The molecule has 3 heteroatoms. The first-order valence-electron chi connectivity index (χ1n) is 2.97. The Morgan fingerprint density at radius 3 is 2.67 bits per heavy atom. The molecule has 0 fully saturated rings. The number of carbonyl (C=O) groups excluding carboxylic acids is 1. The maximum Gasteiger partial charge on any atom is 0.305 e. The predicted molar refractivity (Wildman–Crippen MR) is 34.9 cm³/mol. The van der Waals surface area contributed by atoms with Gasteiger partial charge in [-0.2, -0.15) is 0 Å². The van der Waals surface area contributed by atoms with E-state index >= 15 is 0 Å². The summed E-state index contributed by atoms with van der Waals surface area (Å²) >= 11 is 0. The van der Waals surface area contributed by atoms with Gasteiger partial charge >= 0.3 is 5.97 Å². The Bertz CT molecular complexity index is 93.1. The van der Waals surface area contributed by atoms with E-state index in [9.17, 15) is 4.79 Å². The van der Waals surface area contributed by atoms with Crippen molar-refractivity contribution in [2.24, 2.45) is 11.7 Å². The van der Waals surface area contributed by atoms with Crippen molar-refractivity contribution >= 4 is 5.97 Å². The molecule has 0 saturated carbocycles. The molecule has 0 aromatic rings. The molecule has 0 bridgehead atoms. The van der Waals surface area contributed by atoms with Crippen LogP contribution in [0.1, 0.15) is 13.3 Å². The standard InChI is InChI=1S/C6H13NO2/c1-5(4-7)3-6(8)9-2/h5H,3-4,7H2,1-2H3/t5-/m1/s1. The third-order valence-electron chi connectivity index (χ3n) is 1.15. The number of ether oxygens (including phenoxy) is 1. The minimum absolute atomic E-state index is 0.187. The number of nitrogens with two attached hydrogens (primary N) is 1. The lowest BCUT2D eigenvalue weighted by molar-refractivity contribution is -0.141. The highest BCUT2D eigenvalue weighted by Gasteiger charge is 2.05. The molecule has 0 aromatic carbocycles. The third kappa shape index (κ3) is 3.97. The van der Waals surface area contributed by atoms with Gasteiger partial charge in [-0.3, -0.25) is 4.79 Å². The molecule has 0 rings (SSSR count). The van der Waals surface area contributed by atoms with E-state index in [1.165, 1.54) is 7.11 Å². The summed E-state index contributed by atoms with van der Waals surface area (Å²) in [6, 6.07) is 0. The molecule has 0 heterocycles. The number of hydrogen-bond acceptors (Lipinski definition) is 3. The number of carbonyl (C=O) groups is 1. The molecule has 0 radical (unpaired) electrons. The third-order valence-corrected chi connectivity index (χ3v) is 1.15. The highest BCUT2D eigenvalue weighted by molar-refractivity contribution is 5.69. The Morgan fingerprint density at radius 2 is 2.33 bits per heavy atom. The molecular weight excluding hydrogens is 118 g/mol. The van der Waals surface area contributed by atoms with Gasteiger partial charge < -0.3 is 10.5 Å². The van der Waals surface area contributed by atoms with Crippen LogP contribution in [0.25, 0.3) is 0 Å². The van der Waals surface area contributed by atoms with Crippen LogP contribution in [0.5, 0.6) is 0 Å². The van der Waals surface area contributed by atoms with E-state index in [4.69, 9.17) is 5.73 Å². The van der Waals surface area contributed by atoms with Crippen molar-refractivity contribution in [1.82, 2.24) is 0 Å². The van der Waals surface area contributed by atoms with Gasteiger partial charge in [0.05, 0.1) is 7.11 Å². The maximum atomic E-state index is 10.5. The van der Waals surface area contributed by atoms with E-state index in [1.54, 1.807) is 0 Å². The molecule has 3 nitrogen and oxygen atoms in total. The van der Waals surface area contributed by atoms with Crippen LogP contribution in [0, 0.1) is 5.92 Å². The Hall–Kier alpha value is -0.570. The summed E-state index contributed by atoms with van der Waals surface area (Å²) in [7, 11) is 1.38. The highest BCUT2D eigenvalue weighted by Crippen LogP contribution is 1.98. The van der Waals surface area contributed by atoms with Gasteiger partial charge in [0.15, 0.2) is 0 Å². The molecule has 0 aliphatic carbocycles. The summed E-state index contributed by atoms with van der Waals surface area (Å²) in [5.74, 6) is 0.0467. The number of methoxy groups -OCH3 is 1. The number of hydrogen-bond donors (Lipinski definition) is 1. The lowest BCUT2D eigenvalue weighted by atomic mass is 10.1. The zero-order valence-electron chi connectivity index (χ0n) is 5.89. The van der Waals surface area contributed by atoms with Crippen molar-refractivity contribution in [3.8, 4) is 0 Å². The van der Waals surface area contributed by atoms with Gasteiger partial charge in [-0.25, -0.2) is 0 Å². The maximum absolute atomic E-state index is 10.5. The van der Waals surface area contributed by atoms with Gasteiger partial charge in [0.1, 0.15) is 0 Å². The largest absolute Gasteiger partial charge is 0.469 e. The molecule has 0 aliphatic rings. The fourth-order valence-corrected chi connectivity index (χ4v) is 0.451. The van der Waals surface area contributed by atoms with Crippen molar-refractivity contribution in [2.45, 2.75) is 13.3 Å². The topological polar surface area (TPSA) is 52.3 Å². The van der Waals surface area contributed by atoms with Gasteiger partial charge in [-0.1, -0.05) is 6.92 Å². The van der Waals surface area contributed by atoms with Crippen LogP contribution in [-0.4, -0.2) is 19.6 Å². The fraction of sp³-hybridized carbons (Fsp3) is 0.833. The van der Waals surface area contributed by atoms with Crippen molar-refractivity contribution in [2.75, 3.05) is 13.7 Å². The van der Waals surface area contributed by atoms with E-state index in [1.807, 2.05) is 6.92 Å². The molecule has 0 unspecified atom stereocenters. The summed E-state index contributed by atoms with van der Waals surface area (Å²) in [6.45, 7) is 2.45. The molecule has 9 heavy (non-hydrogen) atoms. The number of rotatable bonds is 3. The zero-order chi connectivity index (χ0) is 7.28. The summed E-state index contributed by atoms with van der Waals surface area (Å²) in [4.78, 5) is 10.5. The van der Waals surface area contributed by atoms with Crippen LogP contribution in [0.3, 0.4) is 0 Å². The van der Waals surface area contributed by atoms with Crippen LogP contribution in [0.2, 0.25) is 0 Å². The van der Waals surface area contributed by atoms with Crippen LogP contribution >= 0.6 is 0 Å². The molecule has 0 aliphatic heterocycles. The van der Waals surface area contributed by atoms with E-state index in [0.717, 1.165) is 0 Å². The van der Waals surface area contributed by atoms with Gasteiger partial charge in [-0.15, -0.1) is 0 Å². The van der Waals surface area contributed by atoms with Crippen LogP contribution in [0.4, 0.5) is 0 Å². The first-order chi connectivity index (χ1) is 4.20. The van der Waals surface area contributed by atoms with Gasteiger partial charge in [-0.05, 0) is 12.5 Å². The van der Waals surface area contributed by atoms with Crippen molar-refractivity contribution < 1.29 is 9.53 Å². The molecule has 0 spiro atoms. The van der Waals surface area contributed by atoms with Crippen LogP contribution < -0.4 is 5.73 Å². The lowest BCUT2D eigenvalue weighted by Gasteiger charge is -2.04. The van der Waals surface area contributed by atoms with Crippen molar-refractivity contribution in [3.05, 3.63) is 0 Å². The molecule has 0 aromatic heterocycles. The molecular formula is C6H13NO2. The van der Waals surface area contributed by atoms with Gasteiger partial charge in [0.25, 0.3) is 0 Å². The Kier molecular flexibility index (Phi) is 4.05. The van der Waals surface area contributed by atoms with Crippen LogP contribution in [-0.2, 0) is 9.53 Å². The molecule has 0 saturated heterocycles. The second kappa shape index (κ2) is 4.32. The Morgan fingerprint density at radius 1 is 1.78 bits per heavy atom. The summed E-state index contributed by atoms with van der Waals surface area (Å²) in [5, 5.41) is 0. The van der Waals surface area contributed by atoms with Crippen molar-refractivity contribution in [3.63, 3.8) is 0 Å². The molecule has 54 valence electrons. The predicted octanol–water partition coefficient (Wildman–Crippen LogP) is 0.144. The monoisotopic (exact) mass is 131 g/mol. The molecule has 2 N–H and O–H groups in total. The Balaban J connectivity index is 3.34. The van der Waals surface area contributed by atoms with Crippen LogP contribution in [0.15, 0.2) is 0 Å². The van der Waals surface area contributed by atoms with E-state index in [2.05, 4.69) is 4.74 Å². The average Bonchev–Trinajstić information content (AvgIpc) is 1.87. The lowest BCUT2D eigenvalue weighted by Crippen LogP contribution is -2.15. The first kappa shape index (κ1) is 8.43. The fourth-order valence-electron chi connectivity index (χ4n) is 0.451. The SMILES string of the molecule is COC(=O)C[C@@H](C)CN. The first-order valence-corrected chi connectivity index (χ1v) is 2.97.